The fourth-order valence-electron chi connectivity index (χ4n) is 1.15. The molecule has 0 aliphatic rings. The molecule has 1 aromatic rings. The summed E-state index contributed by atoms with van der Waals surface area (Å²) in [6, 6.07) is -0.138. The highest BCUT2D eigenvalue weighted by Crippen LogP contribution is 2.06. The Morgan fingerprint density at radius 3 is 2.86 bits per heavy atom. The Morgan fingerprint density at radius 1 is 1.71 bits per heavy atom. The Hall–Kier alpha value is -1.59. The van der Waals surface area contributed by atoms with Gasteiger partial charge in [0.05, 0.1) is 0 Å². The number of hydrogen-bond donors (Lipinski definition) is 3. The second-order valence-corrected chi connectivity index (χ2v) is 3.44. The highest BCUT2D eigenvalue weighted by atomic mass is 16.4. The van der Waals surface area contributed by atoms with Gasteiger partial charge in [-0.05, 0) is 5.92 Å². The minimum Gasteiger partial charge on any atom is -0.465 e. The normalized spacial score (nSPS) is 12.8. The number of carboxylic acid groups (broad SMARTS) is 1. The van der Waals surface area contributed by atoms with Gasteiger partial charge >= 0.3 is 6.09 Å². The van der Waals surface area contributed by atoms with Crippen molar-refractivity contribution >= 4 is 6.09 Å². The summed E-state index contributed by atoms with van der Waals surface area (Å²) in [5.74, 6) is 0.911. The van der Waals surface area contributed by atoms with E-state index in [4.69, 9.17) is 5.11 Å². The lowest BCUT2D eigenvalue weighted by molar-refractivity contribution is 0.185. The highest BCUT2D eigenvalue weighted by Gasteiger charge is 2.17. The predicted octanol–water partition coefficient (Wildman–Crippen LogP) is 0.639. The van der Waals surface area contributed by atoms with Crippen molar-refractivity contribution in [3.8, 4) is 0 Å². The summed E-state index contributed by atoms with van der Waals surface area (Å²) < 4.78 is 0. The molecule has 6 nitrogen and oxygen atoms in total. The van der Waals surface area contributed by atoms with Crippen LogP contribution in [0.5, 0.6) is 0 Å². The van der Waals surface area contributed by atoms with E-state index in [-0.39, 0.29) is 12.0 Å². The molecule has 3 N–H and O–H groups in total. The largest absolute Gasteiger partial charge is 0.465 e. The molecule has 1 atom stereocenters. The molecule has 0 saturated carbocycles. The van der Waals surface area contributed by atoms with Crippen LogP contribution in [0.15, 0.2) is 6.33 Å². The van der Waals surface area contributed by atoms with E-state index in [1.165, 1.54) is 6.33 Å². The van der Waals surface area contributed by atoms with Gasteiger partial charge in [-0.1, -0.05) is 13.8 Å². The fourth-order valence-corrected chi connectivity index (χ4v) is 1.15. The maximum atomic E-state index is 10.5. The summed E-state index contributed by atoms with van der Waals surface area (Å²) in [6.07, 6.45) is 0.931. The number of amides is 1. The van der Waals surface area contributed by atoms with E-state index < -0.39 is 6.09 Å². The molecule has 1 rings (SSSR count). The van der Waals surface area contributed by atoms with Crippen molar-refractivity contribution < 1.29 is 9.90 Å². The summed E-state index contributed by atoms with van der Waals surface area (Å²) in [6.45, 7) is 3.91. The molecule has 0 fully saturated rings. The van der Waals surface area contributed by atoms with Crippen molar-refractivity contribution in [2.75, 3.05) is 0 Å². The molecule has 0 bridgehead atoms. The molecule has 14 heavy (non-hydrogen) atoms. The van der Waals surface area contributed by atoms with Gasteiger partial charge in [-0.2, -0.15) is 5.10 Å². The Labute approximate surface area is 81.7 Å². The van der Waals surface area contributed by atoms with Crippen molar-refractivity contribution in [2.24, 2.45) is 5.92 Å². The fraction of sp³-hybridized carbons (Fsp3) is 0.625. The van der Waals surface area contributed by atoms with Gasteiger partial charge in [-0.25, -0.2) is 9.78 Å². The first-order chi connectivity index (χ1) is 6.59. The van der Waals surface area contributed by atoms with Gasteiger partial charge in [-0.3, -0.25) is 5.10 Å². The van der Waals surface area contributed by atoms with Crippen molar-refractivity contribution in [1.29, 1.82) is 0 Å². The molecular formula is C8H14N4O2. The second-order valence-electron chi connectivity index (χ2n) is 3.44. The summed E-state index contributed by atoms with van der Waals surface area (Å²) in [5, 5.41) is 17.5. The topological polar surface area (TPSA) is 90.9 Å². The lowest BCUT2D eigenvalue weighted by atomic mass is 10.0. The summed E-state index contributed by atoms with van der Waals surface area (Å²) in [4.78, 5) is 14.4. The molecule has 0 saturated heterocycles. The molecule has 0 aromatic carbocycles. The van der Waals surface area contributed by atoms with E-state index in [1.54, 1.807) is 0 Å². The second kappa shape index (κ2) is 4.59. The van der Waals surface area contributed by atoms with E-state index in [0.29, 0.717) is 12.2 Å². The van der Waals surface area contributed by atoms with E-state index in [0.717, 1.165) is 0 Å². The molecule has 6 heteroatoms. The molecule has 1 amide bonds. The first-order valence-corrected chi connectivity index (χ1v) is 4.43. The Kier molecular flexibility index (Phi) is 3.44. The molecule has 0 aliphatic carbocycles. The van der Waals surface area contributed by atoms with Crippen molar-refractivity contribution in [3.05, 3.63) is 12.2 Å². The Morgan fingerprint density at radius 2 is 2.43 bits per heavy atom. The smallest absolute Gasteiger partial charge is 0.404 e. The third-order valence-corrected chi connectivity index (χ3v) is 1.99. The minimum absolute atomic E-state index is 0.138. The number of hydrogen-bond acceptors (Lipinski definition) is 3. The van der Waals surface area contributed by atoms with Gasteiger partial charge in [0.2, 0.25) is 0 Å². The molecule has 1 heterocycles. The number of carbonyl (C=O) groups is 1. The average molecular weight is 198 g/mol. The van der Waals surface area contributed by atoms with Crippen molar-refractivity contribution in [2.45, 2.75) is 26.3 Å². The molecule has 78 valence electrons. The van der Waals surface area contributed by atoms with Crippen LogP contribution in [0.25, 0.3) is 0 Å². The van der Waals surface area contributed by atoms with Crippen molar-refractivity contribution in [3.63, 3.8) is 0 Å². The van der Waals surface area contributed by atoms with Crippen LogP contribution in [0.4, 0.5) is 4.79 Å². The van der Waals surface area contributed by atoms with Crippen LogP contribution in [-0.2, 0) is 6.42 Å². The third-order valence-electron chi connectivity index (χ3n) is 1.99. The number of aromatic amines is 1. The minimum atomic E-state index is -1.01. The van der Waals surface area contributed by atoms with E-state index >= 15 is 0 Å². The van der Waals surface area contributed by atoms with E-state index in [9.17, 15) is 4.79 Å². The van der Waals surface area contributed by atoms with E-state index in [2.05, 4.69) is 20.5 Å². The summed E-state index contributed by atoms with van der Waals surface area (Å²) >= 11 is 0. The first-order valence-electron chi connectivity index (χ1n) is 4.43. The molecule has 0 spiro atoms. The lowest BCUT2D eigenvalue weighted by Gasteiger charge is -2.19. The highest BCUT2D eigenvalue weighted by molar-refractivity contribution is 5.64. The molecule has 1 unspecified atom stereocenters. The van der Waals surface area contributed by atoms with Crippen LogP contribution in [0.2, 0.25) is 0 Å². The molecular weight excluding hydrogens is 184 g/mol. The van der Waals surface area contributed by atoms with Crippen LogP contribution >= 0.6 is 0 Å². The number of rotatable bonds is 4. The third kappa shape index (κ3) is 3.04. The first kappa shape index (κ1) is 10.5. The van der Waals surface area contributed by atoms with Crippen LogP contribution in [0, 0.1) is 5.92 Å². The standard InChI is InChI=1S/C8H14N4O2/c1-5(2)6(11-8(13)14)3-7-9-4-10-12-7/h4-6,11H,3H2,1-2H3,(H,13,14)(H,9,10,12). The van der Waals surface area contributed by atoms with Crippen LogP contribution in [0.3, 0.4) is 0 Å². The number of nitrogens with one attached hydrogen (secondary N) is 2. The van der Waals surface area contributed by atoms with Gasteiger partial charge in [0.15, 0.2) is 0 Å². The number of nitrogens with zero attached hydrogens (tertiary/aromatic N) is 2. The number of aromatic nitrogens is 3. The van der Waals surface area contributed by atoms with Crippen molar-refractivity contribution in [1.82, 2.24) is 20.5 Å². The Balaban J connectivity index is 2.56. The van der Waals surface area contributed by atoms with Gasteiger partial charge in [0.25, 0.3) is 0 Å². The summed E-state index contributed by atoms with van der Waals surface area (Å²) in [7, 11) is 0. The number of H-pyrrole nitrogens is 1. The lowest BCUT2D eigenvalue weighted by Crippen LogP contribution is -2.39. The van der Waals surface area contributed by atoms with Gasteiger partial charge in [-0.15, -0.1) is 0 Å². The quantitative estimate of drug-likeness (QED) is 0.662. The maximum Gasteiger partial charge on any atom is 0.404 e. The summed E-state index contributed by atoms with van der Waals surface area (Å²) in [5.41, 5.74) is 0. The van der Waals surface area contributed by atoms with Gasteiger partial charge in [0.1, 0.15) is 12.2 Å². The Bertz CT molecular complexity index is 284. The average Bonchev–Trinajstić information content (AvgIpc) is 2.54. The maximum absolute atomic E-state index is 10.5. The zero-order valence-corrected chi connectivity index (χ0v) is 8.19. The van der Waals surface area contributed by atoms with Crippen LogP contribution in [-0.4, -0.2) is 32.4 Å². The predicted molar refractivity (Wildman–Crippen MR) is 49.9 cm³/mol. The monoisotopic (exact) mass is 198 g/mol. The zero-order chi connectivity index (χ0) is 10.6. The molecule has 0 radical (unpaired) electrons. The van der Waals surface area contributed by atoms with Crippen LogP contribution in [0.1, 0.15) is 19.7 Å². The van der Waals surface area contributed by atoms with Crippen LogP contribution < -0.4 is 5.32 Å². The molecule has 1 aromatic heterocycles. The molecule has 0 aliphatic heterocycles. The van der Waals surface area contributed by atoms with Gasteiger partial charge in [0, 0.05) is 12.5 Å². The van der Waals surface area contributed by atoms with Gasteiger partial charge < -0.3 is 10.4 Å². The van der Waals surface area contributed by atoms with E-state index in [1.807, 2.05) is 13.8 Å². The SMILES string of the molecule is CC(C)C(Cc1ncn[nH]1)NC(=O)O. The zero-order valence-electron chi connectivity index (χ0n) is 8.19.